The number of ketones is 1. The molecule has 4 rings (SSSR count). The molecule has 5 heteroatoms. The number of H-pyrrole nitrogens is 1. The minimum atomic E-state index is -0.425. The predicted octanol–water partition coefficient (Wildman–Crippen LogP) is 5.81. The largest absolute Gasteiger partial charge is 0.378 e. The van der Waals surface area contributed by atoms with Gasteiger partial charge in [0.15, 0.2) is 5.78 Å². The van der Waals surface area contributed by atoms with Crippen molar-refractivity contribution >= 4 is 40.1 Å². The van der Waals surface area contributed by atoms with Crippen LogP contribution >= 0.6 is 11.6 Å². The average molecular weight is 429 g/mol. The third-order valence-electron chi connectivity index (χ3n) is 5.12. The van der Waals surface area contributed by atoms with E-state index in [-0.39, 0.29) is 11.3 Å². The van der Waals surface area contributed by atoms with Crippen LogP contribution in [0.1, 0.15) is 15.9 Å². The van der Waals surface area contributed by atoms with Crippen LogP contribution in [0.5, 0.6) is 0 Å². The smallest absolute Gasteiger partial charge is 0.260 e. The van der Waals surface area contributed by atoms with Crippen molar-refractivity contribution < 1.29 is 4.79 Å². The number of allylic oxidation sites excluding steroid dienone is 1. The van der Waals surface area contributed by atoms with E-state index >= 15 is 0 Å². The number of pyridine rings is 1. The SMILES string of the molecule is CN(C)c1ccc(C=CC(=O)c2c(-c3ccccc3)c3cc(Cl)ccc3[nH]c2=O)cc1. The molecular weight excluding hydrogens is 408 g/mol. The summed E-state index contributed by atoms with van der Waals surface area (Å²) in [6.45, 7) is 0. The standard InChI is InChI=1S/C26H21ClN2O2/c1-29(2)20-12-8-17(9-13-20)10-15-23(30)25-24(18-6-4-3-5-7-18)21-16-19(27)11-14-22(21)28-26(25)31/h3-16H,1-2H3,(H,28,31). The van der Waals surface area contributed by atoms with Crippen LogP contribution in [-0.2, 0) is 0 Å². The molecule has 0 aliphatic rings. The Morgan fingerprint density at radius 1 is 0.968 bits per heavy atom. The zero-order valence-electron chi connectivity index (χ0n) is 17.2. The zero-order chi connectivity index (χ0) is 22.0. The van der Waals surface area contributed by atoms with Gasteiger partial charge in [0.25, 0.3) is 5.56 Å². The molecule has 1 N–H and O–H groups in total. The number of anilines is 1. The van der Waals surface area contributed by atoms with Gasteiger partial charge in [0.1, 0.15) is 0 Å². The lowest BCUT2D eigenvalue weighted by Crippen LogP contribution is -2.18. The average Bonchev–Trinajstić information content (AvgIpc) is 2.77. The first kappa shape index (κ1) is 20.6. The van der Waals surface area contributed by atoms with Crippen molar-refractivity contribution in [2.24, 2.45) is 0 Å². The van der Waals surface area contributed by atoms with E-state index in [0.717, 1.165) is 22.2 Å². The number of halogens is 1. The first-order valence-corrected chi connectivity index (χ1v) is 10.2. The molecule has 1 aromatic heterocycles. The molecule has 1 heterocycles. The number of benzene rings is 3. The molecule has 0 amide bonds. The summed E-state index contributed by atoms with van der Waals surface area (Å²) in [5.41, 5.74) is 3.62. The Morgan fingerprint density at radius 2 is 1.68 bits per heavy atom. The van der Waals surface area contributed by atoms with Gasteiger partial charge in [-0.3, -0.25) is 9.59 Å². The normalized spacial score (nSPS) is 11.2. The summed E-state index contributed by atoms with van der Waals surface area (Å²) in [6.07, 6.45) is 3.16. The Bertz CT molecular complexity index is 1340. The molecule has 31 heavy (non-hydrogen) atoms. The van der Waals surface area contributed by atoms with Gasteiger partial charge in [0.2, 0.25) is 0 Å². The monoisotopic (exact) mass is 428 g/mol. The van der Waals surface area contributed by atoms with E-state index in [1.54, 1.807) is 24.3 Å². The lowest BCUT2D eigenvalue weighted by molar-refractivity contribution is 0.104. The van der Waals surface area contributed by atoms with Crippen molar-refractivity contribution in [2.45, 2.75) is 0 Å². The van der Waals surface area contributed by atoms with Crippen molar-refractivity contribution in [3.8, 4) is 11.1 Å². The number of rotatable bonds is 5. The highest BCUT2D eigenvalue weighted by Crippen LogP contribution is 2.31. The molecule has 0 aliphatic heterocycles. The Kier molecular flexibility index (Phi) is 5.74. The number of carbonyl (C=O) groups is 1. The molecule has 0 saturated carbocycles. The Hall–Kier alpha value is -3.63. The minimum absolute atomic E-state index is 0.0992. The van der Waals surface area contributed by atoms with E-state index in [1.807, 2.05) is 73.6 Å². The van der Waals surface area contributed by atoms with Crippen LogP contribution in [0, 0.1) is 0 Å². The van der Waals surface area contributed by atoms with E-state index < -0.39 is 5.56 Å². The quantitative estimate of drug-likeness (QED) is 0.322. The van der Waals surface area contributed by atoms with Crippen molar-refractivity contribution in [1.82, 2.24) is 4.98 Å². The maximum atomic E-state index is 13.2. The minimum Gasteiger partial charge on any atom is -0.378 e. The fraction of sp³-hybridized carbons (Fsp3) is 0.0769. The fourth-order valence-electron chi connectivity index (χ4n) is 3.54. The summed E-state index contributed by atoms with van der Waals surface area (Å²) < 4.78 is 0. The Labute approximate surface area is 185 Å². The molecule has 0 bridgehead atoms. The summed E-state index contributed by atoms with van der Waals surface area (Å²) in [7, 11) is 3.94. The maximum absolute atomic E-state index is 13.2. The van der Waals surface area contributed by atoms with Crippen LogP contribution in [0.2, 0.25) is 5.02 Å². The molecule has 0 saturated heterocycles. The molecule has 4 aromatic rings. The van der Waals surface area contributed by atoms with Crippen molar-refractivity contribution in [2.75, 3.05) is 19.0 Å². The number of nitrogens with zero attached hydrogens (tertiary/aromatic N) is 1. The third-order valence-corrected chi connectivity index (χ3v) is 5.36. The van der Waals surface area contributed by atoms with Gasteiger partial charge >= 0.3 is 0 Å². The van der Waals surface area contributed by atoms with E-state index in [1.165, 1.54) is 6.08 Å². The van der Waals surface area contributed by atoms with E-state index in [9.17, 15) is 9.59 Å². The van der Waals surface area contributed by atoms with Gasteiger partial charge in [-0.1, -0.05) is 60.1 Å². The van der Waals surface area contributed by atoms with Gasteiger partial charge in [-0.2, -0.15) is 0 Å². The number of nitrogens with one attached hydrogen (secondary N) is 1. The second kappa shape index (κ2) is 8.62. The molecular formula is C26H21ClN2O2. The first-order valence-electron chi connectivity index (χ1n) is 9.85. The van der Waals surface area contributed by atoms with Gasteiger partial charge in [-0.05, 0) is 47.5 Å². The molecule has 0 unspecified atom stereocenters. The first-order chi connectivity index (χ1) is 14.9. The van der Waals surface area contributed by atoms with Crippen molar-refractivity contribution in [1.29, 1.82) is 0 Å². The summed E-state index contributed by atoms with van der Waals surface area (Å²) in [4.78, 5) is 30.9. The lowest BCUT2D eigenvalue weighted by Gasteiger charge is -2.12. The second-order valence-corrected chi connectivity index (χ2v) is 7.88. The fourth-order valence-corrected chi connectivity index (χ4v) is 3.72. The molecule has 0 spiro atoms. The summed E-state index contributed by atoms with van der Waals surface area (Å²) in [6, 6.07) is 22.5. The van der Waals surface area contributed by atoms with Crippen LogP contribution in [0.3, 0.4) is 0 Å². The van der Waals surface area contributed by atoms with E-state index in [0.29, 0.717) is 16.1 Å². The van der Waals surface area contributed by atoms with Crippen LogP contribution < -0.4 is 10.5 Å². The zero-order valence-corrected chi connectivity index (χ0v) is 18.0. The van der Waals surface area contributed by atoms with E-state index in [4.69, 9.17) is 11.6 Å². The number of aromatic nitrogens is 1. The molecule has 0 fully saturated rings. The predicted molar refractivity (Wildman–Crippen MR) is 129 cm³/mol. The molecule has 4 nitrogen and oxygen atoms in total. The molecule has 3 aromatic carbocycles. The molecule has 0 aliphatic carbocycles. The topological polar surface area (TPSA) is 53.2 Å². The van der Waals surface area contributed by atoms with Crippen LogP contribution in [0.25, 0.3) is 28.1 Å². The van der Waals surface area contributed by atoms with Gasteiger partial charge in [-0.25, -0.2) is 0 Å². The summed E-state index contributed by atoms with van der Waals surface area (Å²) >= 11 is 6.23. The maximum Gasteiger partial charge on any atom is 0.260 e. The number of hydrogen-bond donors (Lipinski definition) is 1. The van der Waals surface area contributed by atoms with Crippen molar-refractivity contribution in [3.63, 3.8) is 0 Å². The number of hydrogen-bond acceptors (Lipinski definition) is 3. The van der Waals surface area contributed by atoms with Gasteiger partial charge in [-0.15, -0.1) is 0 Å². The second-order valence-electron chi connectivity index (χ2n) is 7.44. The molecule has 0 radical (unpaired) electrons. The number of carbonyl (C=O) groups excluding carboxylic acids is 1. The van der Waals surface area contributed by atoms with Gasteiger partial charge in [0.05, 0.1) is 5.56 Å². The highest BCUT2D eigenvalue weighted by molar-refractivity contribution is 6.31. The van der Waals surface area contributed by atoms with E-state index in [2.05, 4.69) is 4.98 Å². The van der Waals surface area contributed by atoms with Crippen LogP contribution in [0.4, 0.5) is 5.69 Å². The van der Waals surface area contributed by atoms with Gasteiger partial charge < -0.3 is 9.88 Å². The third kappa shape index (κ3) is 4.30. The van der Waals surface area contributed by atoms with Gasteiger partial charge in [0, 0.05) is 41.3 Å². The number of fused-ring (bicyclic) bond motifs is 1. The van der Waals surface area contributed by atoms with Crippen LogP contribution in [0.15, 0.2) is 83.7 Å². The Morgan fingerprint density at radius 3 is 2.35 bits per heavy atom. The molecule has 0 atom stereocenters. The highest BCUT2D eigenvalue weighted by atomic mass is 35.5. The lowest BCUT2D eigenvalue weighted by atomic mass is 9.94. The molecule has 154 valence electrons. The van der Waals surface area contributed by atoms with Crippen LogP contribution in [-0.4, -0.2) is 24.9 Å². The van der Waals surface area contributed by atoms with Crippen molar-refractivity contribution in [3.05, 3.63) is 105 Å². The Balaban J connectivity index is 1.83. The summed E-state index contributed by atoms with van der Waals surface area (Å²) in [5.74, 6) is -0.362. The highest BCUT2D eigenvalue weighted by Gasteiger charge is 2.19. The number of aromatic amines is 1. The summed E-state index contributed by atoms with van der Waals surface area (Å²) in [5, 5.41) is 1.26.